The Morgan fingerprint density at radius 2 is 1.38 bits per heavy atom. The molecule has 1 rings (SSSR count). The van der Waals surface area contributed by atoms with Crippen LogP contribution in [0.4, 0.5) is 0 Å². The molecule has 5 nitrogen and oxygen atoms in total. The Bertz CT molecular complexity index is 368. The van der Waals surface area contributed by atoms with Gasteiger partial charge in [0.15, 0.2) is 0 Å². The fourth-order valence-electron chi connectivity index (χ4n) is 2.12. The highest BCUT2D eigenvalue weighted by Crippen LogP contribution is 2.14. The van der Waals surface area contributed by atoms with Gasteiger partial charge in [0.05, 0.1) is 0 Å². The zero-order valence-electron chi connectivity index (χ0n) is 16.1. The summed E-state index contributed by atoms with van der Waals surface area (Å²) in [6.07, 6.45) is 2.24. The largest absolute Gasteiger partial charge is 0.500 e. The van der Waals surface area contributed by atoms with E-state index in [2.05, 4.69) is 48.7 Å². The smallest absolute Gasteiger partial charge is 0.377 e. The monoisotopic (exact) mass is 356 g/mol. The molecule has 0 saturated carbocycles. The summed E-state index contributed by atoms with van der Waals surface area (Å²) in [7, 11) is 2.57. The van der Waals surface area contributed by atoms with E-state index in [-0.39, 0.29) is 0 Å². The van der Waals surface area contributed by atoms with Crippen LogP contribution in [-0.2, 0) is 19.8 Å². The number of rotatable bonds is 12. The van der Waals surface area contributed by atoms with Gasteiger partial charge in [-0.05, 0) is 18.5 Å². The summed E-state index contributed by atoms with van der Waals surface area (Å²) in [5.41, 5.74) is 1.31. The van der Waals surface area contributed by atoms with E-state index in [4.69, 9.17) is 13.3 Å². The minimum absolute atomic E-state index is 0.834. The summed E-state index contributed by atoms with van der Waals surface area (Å²) in [6, 6.07) is 11.3. The third-order valence-electron chi connectivity index (χ3n) is 3.42. The predicted octanol–water partition coefficient (Wildman–Crippen LogP) is 3.05. The van der Waals surface area contributed by atoms with Crippen molar-refractivity contribution in [1.29, 1.82) is 0 Å². The summed E-state index contributed by atoms with van der Waals surface area (Å²) >= 11 is 0. The lowest BCUT2D eigenvalue weighted by Gasteiger charge is -2.24. The molecule has 0 fully saturated rings. The number of hydrogen-bond donors (Lipinski definition) is 2. The zero-order valence-corrected chi connectivity index (χ0v) is 17.1. The number of benzene rings is 1. The topological polar surface area (TPSA) is 51.8 Å². The van der Waals surface area contributed by atoms with Crippen molar-refractivity contribution in [2.45, 2.75) is 39.3 Å². The molecule has 0 bridgehead atoms. The highest BCUT2D eigenvalue weighted by atomic mass is 28.4. The van der Waals surface area contributed by atoms with Crippen LogP contribution in [0.5, 0.6) is 0 Å². The number of nitrogens with one attached hydrogen (secondary N) is 2. The van der Waals surface area contributed by atoms with Crippen molar-refractivity contribution < 1.29 is 13.3 Å². The molecular weight excluding hydrogens is 320 g/mol. The Morgan fingerprint density at radius 3 is 1.92 bits per heavy atom. The van der Waals surface area contributed by atoms with Crippen molar-refractivity contribution in [3.05, 3.63) is 35.9 Å². The summed E-state index contributed by atoms with van der Waals surface area (Å²) in [5, 5.41) is 6.82. The minimum atomic E-state index is -2.39. The molecule has 0 heterocycles. The van der Waals surface area contributed by atoms with Gasteiger partial charge in [0.25, 0.3) is 0 Å². The Balaban J connectivity index is 0.00000163. The van der Waals surface area contributed by atoms with Crippen LogP contribution in [-0.4, -0.2) is 49.8 Å². The third kappa shape index (κ3) is 10.9. The van der Waals surface area contributed by atoms with Crippen molar-refractivity contribution in [2.75, 3.05) is 41.0 Å². The summed E-state index contributed by atoms with van der Waals surface area (Å²) < 4.78 is 16.2. The zero-order chi connectivity index (χ0) is 18.1. The van der Waals surface area contributed by atoms with Crippen LogP contribution in [0.3, 0.4) is 0 Å². The lowest BCUT2D eigenvalue weighted by molar-refractivity contribution is 0.123. The van der Waals surface area contributed by atoms with Crippen LogP contribution in [0.25, 0.3) is 0 Å². The summed E-state index contributed by atoms with van der Waals surface area (Å²) in [6.45, 7) is 8.01. The molecule has 0 atom stereocenters. The van der Waals surface area contributed by atoms with E-state index in [1.165, 1.54) is 12.0 Å². The van der Waals surface area contributed by atoms with Crippen LogP contribution in [0.1, 0.15) is 32.3 Å². The van der Waals surface area contributed by atoms with E-state index in [0.29, 0.717) is 0 Å². The van der Waals surface area contributed by atoms with E-state index in [1.807, 2.05) is 6.07 Å². The Labute approximate surface area is 149 Å². The van der Waals surface area contributed by atoms with E-state index < -0.39 is 8.80 Å². The van der Waals surface area contributed by atoms with E-state index in [9.17, 15) is 0 Å². The Hall–Kier alpha value is -0.763. The third-order valence-corrected chi connectivity index (χ3v) is 6.25. The van der Waals surface area contributed by atoms with Crippen molar-refractivity contribution in [3.8, 4) is 0 Å². The molecule has 0 unspecified atom stereocenters. The molecule has 2 N–H and O–H groups in total. The van der Waals surface area contributed by atoms with Crippen LogP contribution >= 0.6 is 0 Å². The van der Waals surface area contributed by atoms with Gasteiger partial charge >= 0.3 is 8.80 Å². The maximum atomic E-state index is 5.38. The molecule has 1 aromatic rings. The van der Waals surface area contributed by atoms with Gasteiger partial charge in [-0.1, -0.05) is 50.6 Å². The normalized spacial score (nSPS) is 11.0. The van der Waals surface area contributed by atoms with Crippen molar-refractivity contribution >= 4 is 8.80 Å². The van der Waals surface area contributed by atoms with Gasteiger partial charge in [-0.3, -0.25) is 0 Å². The molecule has 140 valence electrons. The van der Waals surface area contributed by atoms with Crippen molar-refractivity contribution in [1.82, 2.24) is 10.6 Å². The maximum absolute atomic E-state index is 5.38. The molecule has 1 aromatic carbocycles. The van der Waals surface area contributed by atoms with Crippen molar-refractivity contribution in [3.63, 3.8) is 0 Å². The first-order chi connectivity index (χ1) is 11.7. The fourth-order valence-corrected chi connectivity index (χ4v) is 3.84. The second-order valence-corrected chi connectivity index (χ2v) is 8.61. The van der Waals surface area contributed by atoms with Gasteiger partial charge in [0.2, 0.25) is 0 Å². The van der Waals surface area contributed by atoms with Gasteiger partial charge < -0.3 is 23.9 Å². The molecule has 0 spiro atoms. The Kier molecular flexibility index (Phi) is 15.2. The molecule has 0 amide bonds. The van der Waals surface area contributed by atoms with Gasteiger partial charge in [0.1, 0.15) is 0 Å². The highest BCUT2D eigenvalue weighted by Gasteiger charge is 2.36. The van der Waals surface area contributed by atoms with Crippen LogP contribution in [0, 0.1) is 0 Å². The summed E-state index contributed by atoms with van der Waals surface area (Å²) in [5.74, 6) is 0. The Morgan fingerprint density at radius 1 is 0.833 bits per heavy atom. The van der Waals surface area contributed by atoms with E-state index in [0.717, 1.165) is 38.6 Å². The summed E-state index contributed by atoms with van der Waals surface area (Å²) in [4.78, 5) is 0. The van der Waals surface area contributed by atoms with Gasteiger partial charge in [-0.2, -0.15) is 0 Å². The molecule has 0 aliphatic rings. The van der Waals surface area contributed by atoms with Crippen LogP contribution < -0.4 is 10.6 Å². The first-order valence-corrected chi connectivity index (χ1v) is 10.7. The van der Waals surface area contributed by atoms with Gasteiger partial charge in [-0.25, -0.2) is 0 Å². The molecule has 0 radical (unpaired) electrons. The quantitative estimate of drug-likeness (QED) is 0.445. The second-order valence-electron chi connectivity index (χ2n) is 5.52. The highest BCUT2D eigenvalue weighted by molar-refractivity contribution is 6.60. The molecule has 0 saturated heterocycles. The fraction of sp³-hybridized carbons (Fsp3) is 0.667. The molecule has 0 aliphatic carbocycles. The second kappa shape index (κ2) is 15.7. The molecule has 24 heavy (non-hydrogen) atoms. The molecule has 6 heteroatoms. The average Bonchev–Trinajstić information content (AvgIpc) is 2.63. The van der Waals surface area contributed by atoms with Crippen LogP contribution in [0.2, 0.25) is 6.04 Å². The van der Waals surface area contributed by atoms with E-state index >= 15 is 0 Å². The molecule has 0 aliphatic heterocycles. The molecule has 0 aromatic heterocycles. The lowest BCUT2D eigenvalue weighted by atomic mass is 10.2. The van der Waals surface area contributed by atoms with Gasteiger partial charge in [0, 0.05) is 47.0 Å². The minimum Gasteiger partial charge on any atom is -0.377 e. The standard InChI is InChI=1S/C15H28N2O3Si.C3H8/c1-18-21(19-2,20-3)13-7-10-16-11-12-17-14-15-8-5-4-6-9-15;1-3-2/h4-6,8-9,16-17H,7,10-14H2,1-3H3;3H2,1-2H3. The SMILES string of the molecule is CCC.CO[Si](CCCNCCNCc1ccccc1)(OC)OC. The lowest BCUT2D eigenvalue weighted by Crippen LogP contribution is -2.43. The van der Waals surface area contributed by atoms with Crippen molar-refractivity contribution in [2.24, 2.45) is 0 Å². The van der Waals surface area contributed by atoms with Gasteiger partial charge in [-0.15, -0.1) is 0 Å². The van der Waals surface area contributed by atoms with Crippen LogP contribution in [0.15, 0.2) is 30.3 Å². The maximum Gasteiger partial charge on any atom is 0.500 e. The first kappa shape index (κ1) is 23.2. The van der Waals surface area contributed by atoms with E-state index in [1.54, 1.807) is 21.3 Å². The number of hydrogen-bond acceptors (Lipinski definition) is 5. The molecular formula is C18H36N2O3Si. The average molecular weight is 357 g/mol. The predicted molar refractivity (Wildman–Crippen MR) is 103 cm³/mol. The first-order valence-electron chi connectivity index (χ1n) is 8.78.